The molecule has 0 bridgehead atoms. The zero-order valence-corrected chi connectivity index (χ0v) is 16.5. The molecule has 1 fully saturated rings. The first kappa shape index (κ1) is 19.3. The normalized spacial score (nSPS) is 14.7. The quantitative estimate of drug-likeness (QED) is 0.519. The van der Waals surface area contributed by atoms with Crippen LogP contribution in [0.5, 0.6) is 0 Å². The number of hydrogen-bond acceptors (Lipinski definition) is 2. The number of nitrogens with one attached hydrogen (secondary N) is 3. The minimum atomic E-state index is 0.223. The highest BCUT2D eigenvalue weighted by Crippen LogP contribution is 2.19. The maximum atomic E-state index is 12.1. The third-order valence-electron chi connectivity index (χ3n) is 5.01. The number of guanidine groups is 1. The van der Waals surface area contributed by atoms with E-state index < -0.39 is 0 Å². The lowest BCUT2D eigenvalue weighted by Gasteiger charge is -2.15. The Bertz CT molecular complexity index is 789. The van der Waals surface area contributed by atoms with E-state index in [2.05, 4.69) is 58.9 Å². The van der Waals surface area contributed by atoms with Crippen molar-refractivity contribution in [1.82, 2.24) is 20.5 Å². The Kier molecular flexibility index (Phi) is 6.74. The zero-order chi connectivity index (χ0) is 19.1. The summed E-state index contributed by atoms with van der Waals surface area (Å²) in [6, 6.07) is 6.50. The third kappa shape index (κ3) is 5.25. The van der Waals surface area contributed by atoms with Gasteiger partial charge in [-0.15, -0.1) is 0 Å². The summed E-state index contributed by atoms with van der Waals surface area (Å²) in [7, 11) is 0. The van der Waals surface area contributed by atoms with Crippen molar-refractivity contribution in [2.24, 2.45) is 4.99 Å². The SMILES string of the molecule is CCNC(=NCCC(=O)N1CCCC1)NCCc1c[nH]c2cc(C)ccc12. The molecule has 0 spiro atoms. The number of aromatic amines is 1. The molecule has 1 amide bonds. The summed E-state index contributed by atoms with van der Waals surface area (Å²) in [5.74, 6) is 1.00. The number of fused-ring (bicyclic) bond motifs is 1. The van der Waals surface area contributed by atoms with E-state index in [4.69, 9.17) is 0 Å². The van der Waals surface area contributed by atoms with Gasteiger partial charge < -0.3 is 20.5 Å². The van der Waals surface area contributed by atoms with Gasteiger partial charge in [0, 0.05) is 49.7 Å². The molecule has 146 valence electrons. The summed E-state index contributed by atoms with van der Waals surface area (Å²) in [6.45, 7) is 8.10. The van der Waals surface area contributed by atoms with Crippen molar-refractivity contribution in [2.75, 3.05) is 32.7 Å². The molecule has 0 aliphatic carbocycles. The van der Waals surface area contributed by atoms with E-state index in [0.29, 0.717) is 13.0 Å². The van der Waals surface area contributed by atoms with Gasteiger partial charge in [0.2, 0.25) is 5.91 Å². The number of hydrogen-bond donors (Lipinski definition) is 3. The van der Waals surface area contributed by atoms with E-state index in [9.17, 15) is 4.79 Å². The average Bonchev–Trinajstić information content (AvgIpc) is 3.31. The van der Waals surface area contributed by atoms with Gasteiger partial charge in [-0.2, -0.15) is 0 Å². The topological polar surface area (TPSA) is 72.5 Å². The van der Waals surface area contributed by atoms with E-state index >= 15 is 0 Å². The Hall–Kier alpha value is -2.50. The van der Waals surface area contributed by atoms with Crippen LogP contribution >= 0.6 is 0 Å². The molecule has 3 rings (SSSR count). The molecule has 2 heterocycles. The minimum absolute atomic E-state index is 0.223. The van der Waals surface area contributed by atoms with Crippen molar-refractivity contribution in [2.45, 2.75) is 39.5 Å². The van der Waals surface area contributed by atoms with Gasteiger partial charge in [0.1, 0.15) is 0 Å². The number of carbonyl (C=O) groups is 1. The predicted molar refractivity (Wildman–Crippen MR) is 111 cm³/mol. The van der Waals surface area contributed by atoms with Gasteiger partial charge in [-0.05, 0) is 50.3 Å². The molecular weight excluding hydrogens is 338 g/mol. The minimum Gasteiger partial charge on any atom is -0.361 e. The Labute approximate surface area is 161 Å². The molecule has 1 aromatic carbocycles. The van der Waals surface area contributed by atoms with Crippen LogP contribution in [0.25, 0.3) is 10.9 Å². The second-order valence-electron chi connectivity index (χ2n) is 7.14. The van der Waals surface area contributed by atoms with Crippen LogP contribution in [-0.2, 0) is 11.2 Å². The third-order valence-corrected chi connectivity index (χ3v) is 5.01. The molecule has 2 aromatic rings. The molecule has 6 nitrogen and oxygen atoms in total. The maximum Gasteiger partial charge on any atom is 0.224 e. The molecule has 6 heteroatoms. The molecule has 0 saturated carbocycles. The van der Waals surface area contributed by atoms with E-state index in [1.54, 1.807) is 0 Å². The number of aromatic nitrogens is 1. The lowest BCUT2D eigenvalue weighted by Crippen LogP contribution is -2.38. The van der Waals surface area contributed by atoms with Gasteiger partial charge in [-0.25, -0.2) is 0 Å². The fourth-order valence-electron chi connectivity index (χ4n) is 3.55. The maximum absolute atomic E-state index is 12.1. The van der Waals surface area contributed by atoms with Crippen LogP contribution in [-0.4, -0.2) is 54.5 Å². The molecule has 27 heavy (non-hydrogen) atoms. The summed E-state index contributed by atoms with van der Waals surface area (Å²) in [6.07, 6.45) is 5.75. The summed E-state index contributed by atoms with van der Waals surface area (Å²) in [5, 5.41) is 7.91. The molecule has 1 aromatic heterocycles. The van der Waals surface area contributed by atoms with Crippen molar-refractivity contribution in [1.29, 1.82) is 0 Å². The van der Waals surface area contributed by atoms with Gasteiger partial charge in [0.25, 0.3) is 0 Å². The number of aliphatic imine (C=N–C) groups is 1. The zero-order valence-electron chi connectivity index (χ0n) is 16.5. The molecule has 1 aliphatic heterocycles. The number of likely N-dealkylation sites (tertiary alicyclic amines) is 1. The second-order valence-corrected chi connectivity index (χ2v) is 7.14. The van der Waals surface area contributed by atoms with Gasteiger partial charge in [-0.1, -0.05) is 12.1 Å². The molecule has 1 aliphatic rings. The van der Waals surface area contributed by atoms with Crippen molar-refractivity contribution < 1.29 is 4.79 Å². The standard InChI is InChI=1S/C21H31N5O/c1-3-22-21(24-11-9-20(27)26-12-4-5-13-26)23-10-8-17-15-25-19-14-16(2)6-7-18(17)19/h6-7,14-15,25H,3-5,8-13H2,1-2H3,(H2,22,23,24). The number of aryl methyl sites for hydroxylation is 1. The van der Waals surface area contributed by atoms with Crippen LogP contribution in [0.15, 0.2) is 29.4 Å². The predicted octanol–water partition coefficient (Wildman–Crippen LogP) is 2.59. The van der Waals surface area contributed by atoms with Crippen LogP contribution < -0.4 is 10.6 Å². The first-order chi connectivity index (χ1) is 13.2. The smallest absolute Gasteiger partial charge is 0.224 e. The number of carbonyl (C=O) groups excluding carboxylic acids is 1. The lowest BCUT2D eigenvalue weighted by molar-refractivity contribution is -0.129. The Balaban J connectivity index is 1.49. The number of H-pyrrole nitrogens is 1. The molecule has 1 saturated heterocycles. The number of nitrogens with zero attached hydrogens (tertiary/aromatic N) is 2. The number of rotatable bonds is 7. The van der Waals surface area contributed by atoms with Gasteiger partial charge >= 0.3 is 0 Å². The van der Waals surface area contributed by atoms with E-state index in [-0.39, 0.29) is 5.91 Å². The van der Waals surface area contributed by atoms with Crippen molar-refractivity contribution in [3.8, 4) is 0 Å². The first-order valence-corrected chi connectivity index (χ1v) is 10.0. The summed E-state index contributed by atoms with van der Waals surface area (Å²) >= 11 is 0. The van der Waals surface area contributed by atoms with Crippen LogP contribution in [0.4, 0.5) is 0 Å². The fourth-order valence-corrected chi connectivity index (χ4v) is 3.55. The highest BCUT2D eigenvalue weighted by molar-refractivity contribution is 5.84. The Morgan fingerprint density at radius 2 is 2.07 bits per heavy atom. The molecule has 0 unspecified atom stereocenters. The van der Waals surface area contributed by atoms with Crippen LogP contribution in [0.2, 0.25) is 0 Å². The summed E-state index contributed by atoms with van der Waals surface area (Å²) in [5.41, 5.74) is 3.75. The number of amides is 1. The van der Waals surface area contributed by atoms with E-state index in [0.717, 1.165) is 51.4 Å². The molecule has 0 radical (unpaired) electrons. The van der Waals surface area contributed by atoms with Crippen LogP contribution in [0.3, 0.4) is 0 Å². The van der Waals surface area contributed by atoms with Gasteiger partial charge in [-0.3, -0.25) is 9.79 Å². The Morgan fingerprint density at radius 1 is 1.26 bits per heavy atom. The van der Waals surface area contributed by atoms with Crippen molar-refractivity contribution >= 4 is 22.8 Å². The van der Waals surface area contributed by atoms with Crippen LogP contribution in [0.1, 0.15) is 37.3 Å². The highest BCUT2D eigenvalue weighted by atomic mass is 16.2. The molecular formula is C21H31N5O. The van der Waals surface area contributed by atoms with Crippen molar-refractivity contribution in [3.05, 3.63) is 35.5 Å². The van der Waals surface area contributed by atoms with Gasteiger partial charge in [0.15, 0.2) is 5.96 Å². The lowest BCUT2D eigenvalue weighted by atomic mass is 10.1. The highest BCUT2D eigenvalue weighted by Gasteiger charge is 2.17. The second kappa shape index (κ2) is 9.44. The molecule has 3 N–H and O–H groups in total. The monoisotopic (exact) mass is 369 g/mol. The van der Waals surface area contributed by atoms with Crippen molar-refractivity contribution in [3.63, 3.8) is 0 Å². The van der Waals surface area contributed by atoms with Gasteiger partial charge in [0.05, 0.1) is 6.54 Å². The van der Waals surface area contributed by atoms with E-state index in [1.807, 2.05) is 4.90 Å². The summed E-state index contributed by atoms with van der Waals surface area (Å²) < 4.78 is 0. The summed E-state index contributed by atoms with van der Waals surface area (Å²) in [4.78, 5) is 22.0. The fraction of sp³-hybridized carbons (Fsp3) is 0.524. The number of benzene rings is 1. The first-order valence-electron chi connectivity index (χ1n) is 10.0. The molecule has 0 atom stereocenters. The largest absolute Gasteiger partial charge is 0.361 e. The Morgan fingerprint density at radius 3 is 2.85 bits per heavy atom. The van der Waals surface area contributed by atoms with E-state index in [1.165, 1.54) is 22.0 Å². The average molecular weight is 370 g/mol. The van der Waals surface area contributed by atoms with Crippen LogP contribution in [0, 0.1) is 6.92 Å².